The molecule has 9 heteroatoms. The van der Waals surface area contributed by atoms with Crippen LogP contribution in [0.1, 0.15) is 56.2 Å². The summed E-state index contributed by atoms with van der Waals surface area (Å²) >= 11 is 1.45. The van der Waals surface area contributed by atoms with Gasteiger partial charge in [0.15, 0.2) is 11.5 Å². The van der Waals surface area contributed by atoms with Crippen molar-refractivity contribution >= 4 is 17.7 Å². The third-order valence-electron chi connectivity index (χ3n) is 5.98. The first kappa shape index (κ1) is 18.7. The molecule has 2 aliphatic heterocycles. The number of tetrazole rings is 1. The molecule has 8 nitrogen and oxygen atoms in total. The van der Waals surface area contributed by atoms with Crippen LogP contribution in [0.15, 0.2) is 23.4 Å². The molecule has 2 aromatic rings. The van der Waals surface area contributed by atoms with Crippen molar-refractivity contribution in [2.24, 2.45) is 0 Å². The fraction of sp³-hybridized carbons (Fsp3) is 0.600. The number of nitrogens with zero attached hydrogens (tertiary/aromatic N) is 5. The number of rotatable bonds is 5. The molecule has 2 fully saturated rings. The van der Waals surface area contributed by atoms with Gasteiger partial charge in [0, 0.05) is 6.54 Å². The molecule has 1 aromatic heterocycles. The molecule has 0 bridgehead atoms. The smallest absolute Gasteiger partial charge is 0.233 e. The van der Waals surface area contributed by atoms with E-state index in [0.717, 1.165) is 54.4 Å². The minimum absolute atomic E-state index is 0.0877. The summed E-state index contributed by atoms with van der Waals surface area (Å²) in [5, 5.41) is 12.9. The molecule has 1 atom stereocenters. The van der Waals surface area contributed by atoms with Gasteiger partial charge in [0.25, 0.3) is 0 Å². The molecular formula is C20H25N5O3S. The van der Waals surface area contributed by atoms with E-state index in [-0.39, 0.29) is 11.9 Å². The highest BCUT2D eigenvalue weighted by Crippen LogP contribution is 2.38. The Balaban J connectivity index is 1.26. The molecule has 0 N–H and O–H groups in total. The van der Waals surface area contributed by atoms with Crippen molar-refractivity contribution in [2.75, 3.05) is 25.5 Å². The maximum Gasteiger partial charge on any atom is 0.233 e. The highest BCUT2D eigenvalue weighted by atomic mass is 32.2. The van der Waals surface area contributed by atoms with Gasteiger partial charge in [-0.15, -0.1) is 5.10 Å². The molecule has 1 saturated carbocycles. The molecule has 1 saturated heterocycles. The van der Waals surface area contributed by atoms with Crippen molar-refractivity contribution in [3.63, 3.8) is 0 Å². The fourth-order valence-electron chi connectivity index (χ4n) is 4.55. The van der Waals surface area contributed by atoms with Crippen molar-refractivity contribution < 1.29 is 14.3 Å². The maximum absolute atomic E-state index is 13.0. The lowest BCUT2D eigenvalue weighted by Crippen LogP contribution is -2.32. The van der Waals surface area contributed by atoms with Crippen molar-refractivity contribution in [1.82, 2.24) is 25.1 Å². The van der Waals surface area contributed by atoms with Crippen LogP contribution in [0.5, 0.6) is 11.5 Å². The van der Waals surface area contributed by atoms with E-state index >= 15 is 0 Å². The number of carbonyl (C=O) groups excluding carboxylic acids is 1. The zero-order valence-corrected chi connectivity index (χ0v) is 17.1. The standard InChI is InChI=1S/C20H25N5O3S/c26-19(13-29-20-21-22-23-25(20)15-4-1-2-5-15)24-9-3-6-16(24)14-7-8-17-18(12-14)28-11-10-27-17/h7-8,12,15-16H,1-6,9-11,13H2. The number of benzene rings is 1. The van der Waals surface area contributed by atoms with Crippen LogP contribution in [0, 0.1) is 0 Å². The second-order valence-electron chi connectivity index (χ2n) is 7.78. The predicted octanol–water partition coefficient (Wildman–Crippen LogP) is 3.02. The van der Waals surface area contributed by atoms with Crippen molar-refractivity contribution in [2.45, 2.75) is 55.8 Å². The summed E-state index contributed by atoms with van der Waals surface area (Å²) in [6.45, 7) is 1.93. The molecule has 1 aromatic carbocycles. The average molecular weight is 416 g/mol. The highest BCUT2D eigenvalue weighted by molar-refractivity contribution is 7.99. The summed E-state index contributed by atoms with van der Waals surface area (Å²) in [5.74, 6) is 2.05. The number of amides is 1. The van der Waals surface area contributed by atoms with Crippen molar-refractivity contribution in [3.05, 3.63) is 23.8 Å². The van der Waals surface area contributed by atoms with Gasteiger partial charge in [-0.1, -0.05) is 30.7 Å². The number of carbonyl (C=O) groups is 1. The Hall–Kier alpha value is -2.29. The van der Waals surface area contributed by atoms with Crippen molar-refractivity contribution in [1.29, 1.82) is 0 Å². The lowest BCUT2D eigenvalue weighted by molar-refractivity contribution is -0.129. The van der Waals surface area contributed by atoms with Gasteiger partial charge in [0.2, 0.25) is 11.1 Å². The molecule has 5 rings (SSSR count). The van der Waals surface area contributed by atoms with Gasteiger partial charge < -0.3 is 14.4 Å². The Morgan fingerprint density at radius 1 is 1.10 bits per heavy atom. The SMILES string of the molecule is O=C(CSc1nnnn1C1CCCC1)N1CCCC1c1ccc2c(c1)OCCO2. The van der Waals surface area contributed by atoms with Crippen LogP contribution in [-0.2, 0) is 4.79 Å². The van der Waals surface area contributed by atoms with Gasteiger partial charge in [-0.2, -0.15) is 0 Å². The van der Waals surface area contributed by atoms with E-state index in [2.05, 4.69) is 21.6 Å². The topological polar surface area (TPSA) is 82.4 Å². The number of hydrogen-bond acceptors (Lipinski definition) is 7. The second kappa shape index (κ2) is 8.22. The number of likely N-dealkylation sites (tertiary alicyclic amines) is 1. The quantitative estimate of drug-likeness (QED) is 0.694. The molecular weight excluding hydrogens is 390 g/mol. The van der Waals surface area contributed by atoms with Crippen molar-refractivity contribution in [3.8, 4) is 11.5 Å². The lowest BCUT2D eigenvalue weighted by atomic mass is 10.0. The highest BCUT2D eigenvalue weighted by Gasteiger charge is 2.31. The molecule has 154 valence electrons. The molecule has 29 heavy (non-hydrogen) atoms. The zero-order valence-electron chi connectivity index (χ0n) is 16.3. The van der Waals surface area contributed by atoms with Crippen LogP contribution in [0.25, 0.3) is 0 Å². The first-order valence-corrected chi connectivity index (χ1v) is 11.4. The second-order valence-corrected chi connectivity index (χ2v) is 8.72. The first-order chi connectivity index (χ1) is 14.3. The molecule has 0 spiro atoms. The summed E-state index contributed by atoms with van der Waals surface area (Å²) in [5.41, 5.74) is 1.11. The van der Waals surface area contributed by atoms with E-state index in [1.807, 2.05) is 21.7 Å². The molecule has 3 heterocycles. The van der Waals surface area contributed by atoms with Crippen LogP contribution in [-0.4, -0.2) is 56.5 Å². The minimum atomic E-state index is 0.0877. The Kier molecular flexibility index (Phi) is 5.30. The maximum atomic E-state index is 13.0. The third-order valence-corrected chi connectivity index (χ3v) is 6.90. The first-order valence-electron chi connectivity index (χ1n) is 10.4. The Labute approximate surface area is 173 Å². The lowest BCUT2D eigenvalue weighted by Gasteiger charge is -2.26. The van der Waals surface area contributed by atoms with Crippen LogP contribution >= 0.6 is 11.8 Å². The Morgan fingerprint density at radius 3 is 2.79 bits per heavy atom. The Morgan fingerprint density at radius 2 is 1.93 bits per heavy atom. The normalized spacial score (nSPS) is 21.7. The van der Waals surface area contributed by atoms with Gasteiger partial charge >= 0.3 is 0 Å². The number of thioether (sulfide) groups is 1. The monoisotopic (exact) mass is 415 g/mol. The number of aromatic nitrogens is 4. The number of fused-ring (bicyclic) bond motifs is 1. The van der Waals surface area contributed by atoms with Crippen LogP contribution in [0.2, 0.25) is 0 Å². The molecule has 3 aliphatic rings. The molecule has 1 amide bonds. The third kappa shape index (κ3) is 3.80. The number of ether oxygens (including phenoxy) is 2. The summed E-state index contributed by atoms with van der Waals surface area (Å²) in [7, 11) is 0. The van der Waals surface area contributed by atoms with Crippen LogP contribution < -0.4 is 9.47 Å². The fourth-order valence-corrected chi connectivity index (χ4v) is 5.38. The van der Waals surface area contributed by atoms with E-state index in [9.17, 15) is 4.79 Å². The summed E-state index contributed by atoms with van der Waals surface area (Å²) in [6, 6.07) is 6.50. The molecule has 1 aliphatic carbocycles. The van der Waals surface area contributed by atoms with Gasteiger partial charge in [-0.3, -0.25) is 4.79 Å². The van der Waals surface area contributed by atoms with E-state index in [4.69, 9.17) is 9.47 Å². The number of hydrogen-bond donors (Lipinski definition) is 0. The Bertz CT molecular complexity index is 883. The summed E-state index contributed by atoms with van der Waals surface area (Å²) < 4.78 is 13.2. The van der Waals surface area contributed by atoms with Gasteiger partial charge in [0.05, 0.1) is 17.8 Å². The summed E-state index contributed by atoms with van der Waals surface area (Å²) in [4.78, 5) is 15.0. The van der Waals surface area contributed by atoms with E-state index in [1.165, 1.54) is 24.6 Å². The molecule has 1 unspecified atom stereocenters. The average Bonchev–Trinajstić information content (AvgIpc) is 3.52. The van der Waals surface area contributed by atoms with Crippen LogP contribution in [0.4, 0.5) is 0 Å². The van der Waals surface area contributed by atoms with Crippen LogP contribution in [0.3, 0.4) is 0 Å². The predicted molar refractivity (Wildman–Crippen MR) is 107 cm³/mol. The van der Waals surface area contributed by atoms with E-state index < -0.39 is 0 Å². The minimum Gasteiger partial charge on any atom is -0.486 e. The zero-order chi connectivity index (χ0) is 19.6. The summed E-state index contributed by atoms with van der Waals surface area (Å²) in [6.07, 6.45) is 6.65. The van der Waals surface area contributed by atoms with Gasteiger partial charge in [-0.25, -0.2) is 4.68 Å². The van der Waals surface area contributed by atoms with E-state index in [0.29, 0.717) is 25.0 Å². The van der Waals surface area contributed by atoms with Gasteiger partial charge in [-0.05, 0) is 53.8 Å². The van der Waals surface area contributed by atoms with E-state index in [1.54, 1.807) is 0 Å². The van der Waals surface area contributed by atoms with Gasteiger partial charge in [0.1, 0.15) is 13.2 Å². The largest absolute Gasteiger partial charge is 0.486 e. The molecule has 0 radical (unpaired) electrons.